The molecule has 15 heavy (non-hydrogen) atoms. The van der Waals surface area contributed by atoms with E-state index in [1.807, 2.05) is 0 Å². The zero-order valence-electron chi connectivity index (χ0n) is 10.4. The van der Waals surface area contributed by atoms with Gasteiger partial charge in [0, 0.05) is 31.7 Å². The van der Waals surface area contributed by atoms with E-state index in [9.17, 15) is 0 Å². The second kappa shape index (κ2) is 3.78. The van der Waals surface area contributed by atoms with Crippen molar-refractivity contribution < 1.29 is 0 Å². The van der Waals surface area contributed by atoms with Crippen LogP contribution in [0.1, 0.15) is 34.1 Å². The van der Waals surface area contributed by atoms with Gasteiger partial charge in [0.25, 0.3) is 0 Å². The van der Waals surface area contributed by atoms with Crippen molar-refractivity contribution in [2.24, 2.45) is 4.99 Å². The Morgan fingerprint density at radius 2 is 1.87 bits per heavy atom. The molecule has 1 fully saturated rings. The molecule has 2 heterocycles. The van der Waals surface area contributed by atoms with Gasteiger partial charge in [-0.15, -0.1) is 0 Å². The van der Waals surface area contributed by atoms with Crippen LogP contribution < -0.4 is 0 Å². The van der Waals surface area contributed by atoms with Crippen molar-refractivity contribution in [1.29, 1.82) is 0 Å². The molecular formula is C12H23N3. The predicted molar refractivity (Wildman–Crippen MR) is 64.4 cm³/mol. The molecule has 1 saturated heterocycles. The van der Waals surface area contributed by atoms with Crippen LogP contribution in [0.15, 0.2) is 4.99 Å². The maximum Gasteiger partial charge on any atom is 0.0938 e. The van der Waals surface area contributed by atoms with Crippen LogP contribution in [0.5, 0.6) is 0 Å². The van der Waals surface area contributed by atoms with Gasteiger partial charge < -0.3 is 4.90 Å². The summed E-state index contributed by atoms with van der Waals surface area (Å²) in [4.78, 5) is 9.67. The second-order valence-corrected chi connectivity index (χ2v) is 5.55. The third-order valence-corrected chi connectivity index (χ3v) is 3.71. The molecule has 3 heteroatoms. The van der Waals surface area contributed by atoms with Gasteiger partial charge in [0.15, 0.2) is 0 Å². The maximum absolute atomic E-state index is 4.76. The van der Waals surface area contributed by atoms with Gasteiger partial charge in [-0.25, -0.2) is 0 Å². The topological polar surface area (TPSA) is 18.8 Å². The van der Waals surface area contributed by atoms with E-state index in [-0.39, 0.29) is 5.54 Å². The summed E-state index contributed by atoms with van der Waals surface area (Å²) in [6.45, 7) is 12.5. The van der Waals surface area contributed by atoms with Gasteiger partial charge in [0.2, 0.25) is 0 Å². The lowest BCUT2D eigenvalue weighted by Crippen LogP contribution is -2.40. The largest absolute Gasteiger partial charge is 0.358 e. The molecule has 0 bridgehead atoms. The summed E-state index contributed by atoms with van der Waals surface area (Å²) in [5, 5.41) is 0. The normalized spacial score (nSPS) is 31.7. The van der Waals surface area contributed by atoms with E-state index in [1.54, 1.807) is 0 Å². The van der Waals surface area contributed by atoms with Gasteiger partial charge in [0.05, 0.1) is 11.9 Å². The van der Waals surface area contributed by atoms with Crippen molar-refractivity contribution in [3.8, 4) is 0 Å². The SMILES string of the molecule is CC(C)N1C=NC2(CCN(C(C)C)C2)C1. The number of nitrogens with zero attached hydrogens (tertiary/aromatic N) is 3. The Kier molecular flexibility index (Phi) is 2.75. The van der Waals surface area contributed by atoms with Gasteiger partial charge in [-0.1, -0.05) is 0 Å². The zero-order chi connectivity index (χ0) is 11.1. The number of aliphatic imine (C=N–C) groups is 1. The Hall–Kier alpha value is -0.570. The fourth-order valence-corrected chi connectivity index (χ4v) is 2.50. The highest BCUT2D eigenvalue weighted by Gasteiger charge is 2.42. The minimum Gasteiger partial charge on any atom is -0.358 e. The summed E-state index contributed by atoms with van der Waals surface area (Å²) < 4.78 is 0. The molecule has 0 amide bonds. The van der Waals surface area contributed by atoms with E-state index in [1.165, 1.54) is 13.0 Å². The van der Waals surface area contributed by atoms with E-state index >= 15 is 0 Å². The summed E-state index contributed by atoms with van der Waals surface area (Å²) in [5.41, 5.74) is 0.217. The molecular weight excluding hydrogens is 186 g/mol. The predicted octanol–water partition coefficient (Wildman–Crippen LogP) is 1.59. The minimum atomic E-state index is 0.217. The van der Waals surface area contributed by atoms with Crippen LogP contribution in [-0.4, -0.2) is 53.4 Å². The Morgan fingerprint density at radius 1 is 1.13 bits per heavy atom. The van der Waals surface area contributed by atoms with Crippen LogP contribution in [0.25, 0.3) is 0 Å². The molecule has 0 aromatic rings. The van der Waals surface area contributed by atoms with E-state index in [0.717, 1.165) is 13.1 Å². The lowest BCUT2D eigenvalue weighted by molar-refractivity contribution is 0.244. The lowest BCUT2D eigenvalue weighted by atomic mass is 10.00. The Morgan fingerprint density at radius 3 is 2.33 bits per heavy atom. The fraction of sp³-hybridized carbons (Fsp3) is 0.917. The highest BCUT2D eigenvalue weighted by Crippen LogP contribution is 2.31. The number of hydrogen-bond acceptors (Lipinski definition) is 3. The van der Waals surface area contributed by atoms with Crippen molar-refractivity contribution in [3.05, 3.63) is 0 Å². The van der Waals surface area contributed by atoms with Gasteiger partial charge in [-0.05, 0) is 34.1 Å². The molecule has 1 atom stereocenters. The number of rotatable bonds is 2. The van der Waals surface area contributed by atoms with Crippen molar-refractivity contribution in [1.82, 2.24) is 9.80 Å². The molecule has 1 unspecified atom stereocenters. The van der Waals surface area contributed by atoms with E-state index in [2.05, 4.69) is 43.8 Å². The fourth-order valence-electron chi connectivity index (χ4n) is 2.50. The molecule has 0 aromatic heterocycles. The van der Waals surface area contributed by atoms with Gasteiger partial charge in [-0.2, -0.15) is 0 Å². The first-order valence-corrected chi connectivity index (χ1v) is 6.08. The van der Waals surface area contributed by atoms with E-state index < -0.39 is 0 Å². The third kappa shape index (κ3) is 2.03. The molecule has 0 aromatic carbocycles. The Labute approximate surface area is 93.2 Å². The van der Waals surface area contributed by atoms with Crippen molar-refractivity contribution in [2.45, 2.75) is 51.7 Å². The van der Waals surface area contributed by atoms with Gasteiger partial charge in [0.1, 0.15) is 0 Å². The molecule has 0 saturated carbocycles. The molecule has 86 valence electrons. The first-order valence-electron chi connectivity index (χ1n) is 6.08. The quantitative estimate of drug-likeness (QED) is 0.688. The first kappa shape index (κ1) is 10.9. The maximum atomic E-state index is 4.76. The van der Waals surface area contributed by atoms with Gasteiger partial charge in [-0.3, -0.25) is 9.89 Å². The highest BCUT2D eigenvalue weighted by atomic mass is 15.3. The average molecular weight is 209 g/mol. The summed E-state index contributed by atoms with van der Waals surface area (Å²) in [6.07, 6.45) is 3.29. The number of hydrogen-bond donors (Lipinski definition) is 0. The van der Waals surface area contributed by atoms with Crippen LogP contribution in [0.2, 0.25) is 0 Å². The molecule has 0 radical (unpaired) electrons. The minimum absolute atomic E-state index is 0.217. The van der Waals surface area contributed by atoms with E-state index in [0.29, 0.717) is 12.1 Å². The summed E-state index contributed by atoms with van der Waals surface area (Å²) >= 11 is 0. The van der Waals surface area contributed by atoms with Crippen LogP contribution >= 0.6 is 0 Å². The second-order valence-electron chi connectivity index (χ2n) is 5.55. The average Bonchev–Trinajstić information content (AvgIpc) is 2.74. The molecule has 2 aliphatic heterocycles. The van der Waals surface area contributed by atoms with Crippen LogP contribution in [0.3, 0.4) is 0 Å². The van der Waals surface area contributed by atoms with Crippen molar-refractivity contribution in [3.63, 3.8) is 0 Å². The van der Waals surface area contributed by atoms with Crippen molar-refractivity contribution >= 4 is 6.34 Å². The monoisotopic (exact) mass is 209 g/mol. The molecule has 0 aliphatic carbocycles. The van der Waals surface area contributed by atoms with Gasteiger partial charge >= 0.3 is 0 Å². The molecule has 3 nitrogen and oxygen atoms in total. The van der Waals surface area contributed by atoms with Crippen molar-refractivity contribution in [2.75, 3.05) is 19.6 Å². The Bertz CT molecular complexity index is 260. The standard InChI is InChI=1S/C12H23N3/c1-10(2)14-6-5-12(7-14)8-15(9-13-12)11(3)4/h9-11H,5-8H2,1-4H3. The molecule has 2 rings (SSSR count). The van der Waals surface area contributed by atoms with Crippen LogP contribution in [0.4, 0.5) is 0 Å². The highest BCUT2D eigenvalue weighted by molar-refractivity contribution is 5.59. The first-order chi connectivity index (χ1) is 7.02. The number of likely N-dealkylation sites (tertiary alicyclic amines) is 1. The smallest absolute Gasteiger partial charge is 0.0938 e. The third-order valence-electron chi connectivity index (χ3n) is 3.71. The van der Waals surface area contributed by atoms with E-state index in [4.69, 9.17) is 4.99 Å². The lowest BCUT2D eigenvalue weighted by Gasteiger charge is -2.27. The molecule has 1 spiro atoms. The summed E-state index contributed by atoms with van der Waals surface area (Å²) in [7, 11) is 0. The molecule has 0 N–H and O–H groups in total. The summed E-state index contributed by atoms with van der Waals surface area (Å²) in [6, 6.07) is 1.24. The zero-order valence-corrected chi connectivity index (χ0v) is 10.4. The van der Waals surface area contributed by atoms with Crippen LogP contribution in [-0.2, 0) is 0 Å². The summed E-state index contributed by atoms with van der Waals surface area (Å²) in [5.74, 6) is 0. The molecule has 2 aliphatic rings. The van der Waals surface area contributed by atoms with Crippen LogP contribution in [0, 0.1) is 0 Å². The Balaban J connectivity index is 1.99.